The molecule has 0 spiro atoms. The van der Waals surface area contributed by atoms with Gasteiger partial charge in [-0.25, -0.2) is 4.98 Å². The number of anilines is 1. The first-order chi connectivity index (χ1) is 9.28. The quantitative estimate of drug-likeness (QED) is 0.900. The van der Waals surface area contributed by atoms with E-state index >= 15 is 0 Å². The summed E-state index contributed by atoms with van der Waals surface area (Å²) in [5.41, 5.74) is 3.20. The van der Waals surface area contributed by atoms with Gasteiger partial charge in [0.05, 0.1) is 5.56 Å². The van der Waals surface area contributed by atoms with Crippen LogP contribution in [0.1, 0.15) is 55.8 Å². The van der Waals surface area contributed by atoms with E-state index in [2.05, 4.69) is 24.4 Å². The van der Waals surface area contributed by atoms with Gasteiger partial charge in [-0.2, -0.15) is 5.26 Å². The molecule has 0 radical (unpaired) electrons. The molecular weight excluding hydrogens is 234 g/mol. The average Bonchev–Trinajstić information content (AvgIpc) is 2.35. The van der Waals surface area contributed by atoms with E-state index in [-0.39, 0.29) is 0 Å². The first-order valence-electron chi connectivity index (χ1n) is 7.47. The van der Waals surface area contributed by atoms with E-state index in [1.165, 1.54) is 43.4 Å². The van der Waals surface area contributed by atoms with Gasteiger partial charge in [-0.05, 0) is 63.0 Å². The number of pyridine rings is 1. The molecule has 1 aromatic rings. The van der Waals surface area contributed by atoms with Crippen molar-refractivity contribution in [2.45, 2.75) is 57.9 Å². The molecule has 1 N–H and O–H groups in total. The maximum atomic E-state index is 9.31. The van der Waals surface area contributed by atoms with E-state index in [9.17, 15) is 5.26 Å². The van der Waals surface area contributed by atoms with Gasteiger partial charge in [-0.3, -0.25) is 0 Å². The highest BCUT2D eigenvalue weighted by Crippen LogP contribution is 2.32. The topological polar surface area (TPSA) is 48.7 Å². The van der Waals surface area contributed by atoms with Gasteiger partial charge >= 0.3 is 0 Å². The van der Waals surface area contributed by atoms with Crippen molar-refractivity contribution in [2.75, 3.05) is 5.32 Å². The molecule has 2 aliphatic rings. The first kappa shape index (κ1) is 12.5. The first-order valence-corrected chi connectivity index (χ1v) is 7.47. The van der Waals surface area contributed by atoms with Crippen molar-refractivity contribution < 1.29 is 0 Å². The molecule has 1 unspecified atom stereocenters. The normalized spacial score (nSPS) is 20.0. The summed E-state index contributed by atoms with van der Waals surface area (Å²) >= 11 is 0. The number of fused-ring (bicyclic) bond motifs is 1. The van der Waals surface area contributed by atoms with E-state index in [0.29, 0.717) is 11.6 Å². The summed E-state index contributed by atoms with van der Waals surface area (Å²) in [5, 5.41) is 12.8. The molecular formula is C16H21N3. The van der Waals surface area contributed by atoms with Crippen LogP contribution < -0.4 is 5.32 Å². The largest absolute Gasteiger partial charge is 0.366 e. The van der Waals surface area contributed by atoms with E-state index in [0.717, 1.165) is 24.6 Å². The summed E-state index contributed by atoms with van der Waals surface area (Å²) in [6.45, 7) is 2.21. The van der Waals surface area contributed by atoms with Crippen molar-refractivity contribution in [2.24, 2.45) is 5.92 Å². The van der Waals surface area contributed by atoms with Gasteiger partial charge in [-0.1, -0.05) is 6.42 Å². The van der Waals surface area contributed by atoms with Crippen molar-refractivity contribution in [3.05, 3.63) is 22.9 Å². The van der Waals surface area contributed by atoms with Crippen LogP contribution in [-0.4, -0.2) is 11.0 Å². The van der Waals surface area contributed by atoms with Crippen LogP contribution in [0.15, 0.2) is 6.07 Å². The molecule has 0 bridgehead atoms. The Hall–Kier alpha value is -1.56. The summed E-state index contributed by atoms with van der Waals surface area (Å²) in [6, 6.07) is 4.78. The predicted molar refractivity (Wildman–Crippen MR) is 76.0 cm³/mol. The Balaban J connectivity index is 1.84. The summed E-state index contributed by atoms with van der Waals surface area (Å²) in [7, 11) is 0. The Morgan fingerprint density at radius 3 is 2.79 bits per heavy atom. The van der Waals surface area contributed by atoms with Gasteiger partial charge < -0.3 is 5.32 Å². The zero-order valence-electron chi connectivity index (χ0n) is 11.6. The van der Waals surface area contributed by atoms with Crippen molar-refractivity contribution in [3.8, 4) is 6.07 Å². The third kappa shape index (κ3) is 2.45. The SMILES string of the molecule is CC(Nc1nc2c(cc1C#N)CCCC2)C1CCC1. The molecule has 19 heavy (non-hydrogen) atoms. The van der Waals surface area contributed by atoms with Crippen LogP contribution in [0.25, 0.3) is 0 Å². The number of rotatable bonds is 3. The average molecular weight is 255 g/mol. The van der Waals surface area contributed by atoms with Crippen LogP contribution >= 0.6 is 0 Å². The molecule has 3 heteroatoms. The van der Waals surface area contributed by atoms with Crippen LogP contribution in [0.2, 0.25) is 0 Å². The van der Waals surface area contributed by atoms with Crippen LogP contribution in [0.3, 0.4) is 0 Å². The molecule has 0 amide bonds. The number of nitriles is 1. The maximum Gasteiger partial charge on any atom is 0.144 e. The number of aromatic nitrogens is 1. The summed E-state index contributed by atoms with van der Waals surface area (Å²) in [4.78, 5) is 4.73. The highest BCUT2D eigenvalue weighted by Gasteiger charge is 2.25. The Bertz CT molecular complexity index is 511. The van der Waals surface area contributed by atoms with Crippen LogP contribution in [0.4, 0.5) is 5.82 Å². The minimum atomic E-state index is 0.426. The lowest BCUT2D eigenvalue weighted by Crippen LogP contribution is -2.31. The molecule has 1 atom stereocenters. The number of nitrogens with zero attached hydrogens (tertiary/aromatic N) is 2. The van der Waals surface area contributed by atoms with Gasteiger partial charge in [0.25, 0.3) is 0 Å². The lowest BCUT2D eigenvalue weighted by atomic mass is 9.80. The van der Waals surface area contributed by atoms with Crippen molar-refractivity contribution in [1.82, 2.24) is 4.98 Å². The van der Waals surface area contributed by atoms with E-state index in [4.69, 9.17) is 4.98 Å². The third-order valence-electron chi connectivity index (χ3n) is 4.64. The third-order valence-corrected chi connectivity index (χ3v) is 4.64. The van der Waals surface area contributed by atoms with Gasteiger partial charge in [0.1, 0.15) is 11.9 Å². The van der Waals surface area contributed by atoms with Gasteiger partial charge in [0, 0.05) is 11.7 Å². The molecule has 0 saturated heterocycles. The molecule has 2 aliphatic carbocycles. The lowest BCUT2D eigenvalue weighted by molar-refractivity contribution is 0.285. The molecule has 100 valence electrons. The standard InChI is InChI=1S/C16H21N3/c1-11(12-6-4-7-12)18-16-14(10-17)9-13-5-2-3-8-15(13)19-16/h9,11-12H,2-8H2,1H3,(H,18,19). The predicted octanol–water partition coefficient (Wildman–Crippen LogP) is 3.43. The molecule has 0 aromatic carbocycles. The summed E-state index contributed by atoms with van der Waals surface area (Å²) < 4.78 is 0. The van der Waals surface area contributed by atoms with Crippen LogP contribution in [0.5, 0.6) is 0 Å². The molecule has 3 nitrogen and oxygen atoms in total. The number of hydrogen-bond acceptors (Lipinski definition) is 3. The van der Waals surface area contributed by atoms with Crippen LogP contribution in [0, 0.1) is 17.2 Å². The second-order valence-corrected chi connectivity index (χ2v) is 5.93. The minimum absolute atomic E-state index is 0.426. The Labute approximate surface area is 115 Å². The minimum Gasteiger partial charge on any atom is -0.366 e. The van der Waals surface area contributed by atoms with E-state index < -0.39 is 0 Å². The Kier molecular flexibility index (Phi) is 3.42. The number of aryl methyl sites for hydroxylation is 2. The zero-order valence-corrected chi connectivity index (χ0v) is 11.6. The van der Waals surface area contributed by atoms with Gasteiger partial charge in [-0.15, -0.1) is 0 Å². The molecule has 1 heterocycles. The highest BCUT2D eigenvalue weighted by atomic mass is 15.0. The fourth-order valence-electron chi connectivity index (χ4n) is 3.10. The van der Waals surface area contributed by atoms with E-state index in [1.54, 1.807) is 0 Å². The fraction of sp³-hybridized carbons (Fsp3) is 0.625. The molecule has 0 aliphatic heterocycles. The van der Waals surface area contributed by atoms with Crippen molar-refractivity contribution in [1.29, 1.82) is 5.26 Å². The van der Waals surface area contributed by atoms with Crippen molar-refractivity contribution in [3.63, 3.8) is 0 Å². The van der Waals surface area contributed by atoms with Crippen LogP contribution in [-0.2, 0) is 12.8 Å². The Morgan fingerprint density at radius 1 is 1.32 bits per heavy atom. The molecule has 1 saturated carbocycles. The molecule has 1 fully saturated rings. The second-order valence-electron chi connectivity index (χ2n) is 5.93. The van der Waals surface area contributed by atoms with E-state index in [1.807, 2.05) is 0 Å². The Morgan fingerprint density at radius 2 is 2.11 bits per heavy atom. The highest BCUT2D eigenvalue weighted by molar-refractivity contribution is 5.55. The number of hydrogen-bond donors (Lipinski definition) is 1. The monoisotopic (exact) mass is 255 g/mol. The lowest BCUT2D eigenvalue weighted by Gasteiger charge is -2.32. The summed E-state index contributed by atoms with van der Waals surface area (Å²) in [5.74, 6) is 1.56. The van der Waals surface area contributed by atoms with Gasteiger partial charge in [0.2, 0.25) is 0 Å². The van der Waals surface area contributed by atoms with Crippen molar-refractivity contribution >= 4 is 5.82 Å². The second kappa shape index (κ2) is 5.21. The molecule has 3 rings (SSSR count). The molecule has 1 aromatic heterocycles. The van der Waals surface area contributed by atoms with Gasteiger partial charge in [0.15, 0.2) is 0 Å². The summed E-state index contributed by atoms with van der Waals surface area (Å²) in [6.07, 6.45) is 8.55. The smallest absolute Gasteiger partial charge is 0.144 e. The number of nitrogens with one attached hydrogen (secondary N) is 1. The fourth-order valence-corrected chi connectivity index (χ4v) is 3.10. The maximum absolute atomic E-state index is 9.31. The zero-order chi connectivity index (χ0) is 13.2.